The first-order chi connectivity index (χ1) is 21.0. The second kappa shape index (κ2) is 10.1. The van der Waals surface area contributed by atoms with E-state index in [4.69, 9.17) is 9.47 Å². The average molecular weight is 607 g/mol. The third-order valence-corrected chi connectivity index (χ3v) is 10.7. The lowest BCUT2D eigenvalue weighted by molar-refractivity contribution is -0.161. The molecule has 5 saturated heterocycles. The molecular weight excluding hydrogens is 564 g/mol. The zero-order valence-electron chi connectivity index (χ0n) is 26.3. The number of fused-ring (bicyclic) bond motifs is 2. The molecule has 2 amide bonds. The number of carbonyl (C=O) groups is 4. The molecule has 44 heavy (non-hydrogen) atoms. The molecule has 0 aromatic heterocycles. The maximum atomic E-state index is 13.7. The van der Waals surface area contributed by atoms with Crippen molar-refractivity contribution in [2.24, 2.45) is 22.7 Å². The van der Waals surface area contributed by atoms with E-state index in [1.165, 1.54) is 0 Å². The number of amides is 2. The van der Waals surface area contributed by atoms with Crippen LogP contribution in [0, 0.1) is 22.7 Å². The molecule has 5 fully saturated rings. The number of allylic oxidation sites excluding steroid dienone is 2. The Morgan fingerprint density at radius 3 is 1.39 bits per heavy atom. The summed E-state index contributed by atoms with van der Waals surface area (Å²) in [6, 6.07) is -0.888. The molecule has 0 radical (unpaired) electrons. The molecule has 0 aromatic rings. The minimum absolute atomic E-state index is 0.0171. The number of hydrazine groups is 2. The molecule has 12 heteroatoms. The van der Waals surface area contributed by atoms with Gasteiger partial charge in [0.05, 0.1) is 39.4 Å². The minimum Gasteiger partial charge on any atom is -0.497 e. The molecule has 5 aliphatic heterocycles. The SMILES string of the molecule is COC1=CC2N(C(=O)C(C)C)N3CC(=O)C2(C=C1)C3N1CCN(C2N3CC(=O)C24C=CC(OC)=CC4N3C(=O)C(C)C)CC1. The summed E-state index contributed by atoms with van der Waals surface area (Å²) < 4.78 is 11.0. The molecule has 8 atom stereocenters. The van der Waals surface area contributed by atoms with E-state index < -0.39 is 22.9 Å². The van der Waals surface area contributed by atoms with Gasteiger partial charge in [0.2, 0.25) is 11.8 Å². The summed E-state index contributed by atoms with van der Waals surface area (Å²) in [6.45, 7) is 10.5. The van der Waals surface area contributed by atoms with Crippen molar-refractivity contribution >= 4 is 23.4 Å². The Hall–Kier alpha value is -3.32. The monoisotopic (exact) mass is 606 g/mol. The molecule has 0 saturated carbocycles. The predicted molar refractivity (Wildman–Crippen MR) is 158 cm³/mol. The van der Waals surface area contributed by atoms with Gasteiger partial charge in [-0.25, -0.2) is 0 Å². The van der Waals surface area contributed by atoms with Crippen molar-refractivity contribution < 1.29 is 28.7 Å². The number of methoxy groups -OCH3 is 2. The van der Waals surface area contributed by atoms with Crippen LogP contribution in [0.15, 0.2) is 48.0 Å². The highest BCUT2D eigenvalue weighted by molar-refractivity contribution is 5.97. The zero-order valence-corrected chi connectivity index (χ0v) is 26.3. The standard InChI is InChI=1S/C32H42N6O6/c1-19(2)27(41)37-23-15-21(43-5)7-9-31(23)25(39)17-35(37)29(31)33-11-13-34(14-12-33)30-32-10-8-22(44-6)16-24(32)38(28(42)20(3)4)36(30)18-26(32)40/h7-10,15-16,19-20,23-24,29-30H,11-14,17-18H2,1-6H3. The Balaban J connectivity index is 1.18. The number of nitrogens with zero attached hydrogens (tertiary/aromatic N) is 6. The second-order valence-corrected chi connectivity index (χ2v) is 13.5. The quantitative estimate of drug-likeness (QED) is 0.431. The third kappa shape index (κ3) is 3.65. The maximum absolute atomic E-state index is 13.7. The minimum atomic E-state index is -0.877. The highest BCUT2D eigenvalue weighted by Gasteiger charge is 2.72. The summed E-state index contributed by atoms with van der Waals surface area (Å²) in [5.74, 6) is 1.00. The fraction of sp³-hybridized carbons (Fsp3) is 0.625. The Kier molecular flexibility index (Phi) is 6.75. The number of piperazine rings is 1. The van der Waals surface area contributed by atoms with Gasteiger partial charge in [0.25, 0.3) is 0 Å². The largest absolute Gasteiger partial charge is 0.497 e. The molecule has 0 N–H and O–H groups in total. The van der Waals surface area contributed by atoms with E-state index in [9.17, 15) is 19.2 Å². The number of hydrogen-bond donors (Lipinski definition) is 0. The number of ether oxygens (including phenoxy) is 2. The maximum Gasteiger partial charge on any atom is 0.240 e. The van der Waals surface area contributed by atoms with Gasteiger partial charge in [-0.3, -0.25) is 39.0 Å². The van der Waals surface area contributed by atoms with Crippen molar-refractivity contribution in [3.8, 4) is 0 Å². The van der Waals surface area contributed by atoms with Gasteiger partial charge in [0.1, 0.15) is 34.7 Å². The summed E-state index contributed by atoms with van der Waals surface area (Å²) in [5, 5.41) is 7.52. The Morgan fingerprint density at radius 2 is 1.07 bits per heavy atom. The normalized spacial score (nSPS) is 39.3. The molecule has 0 aromatic carbocycles. The molecule has 12 nitrogen and oxygen atoms in total. The second-order valence-electron chi connectivity index (χ2n) is 13.5. The average Bonchev–Trinajstić information content (AvgIpc) is 3.66. The van der Waals surface area contributed by atoms with Gasteiger partial charge in [-0.15, -0.1) is 0 Å². The summed E-state index contributed by atoms with van der Waals surface area (Å²) in [5.41, 5.74) is -1.75. The van der Waals surface area contributed by atoms with E-state index >= 15 is 0 Å². The lowest BCUT2D eigenvalue weighted by Gasteiger charge is -2.45. The Bertz CT molecular complexity index is 1320. The van der Waals surface area contributed by atoms with Gasteiger partial charge >= 0.3 is 0 Å². The highest BCUT2D eigenvalue weighted by atomic mass is 16.5. The highest BCUT2D eigenvalue weighted by Crippen LogP contribution is 2.55. The van der Waals surface area contributed by atoms with E-state index in [1.807, 2.05) is 74.2 Å². The molecule has 5 heterocycles. The van der Waals surface area contributed by atoms with Crippen molar-refractivity contribution in [3.63, 3.8) is 0 Å². The fourth-order valence-electron chi connectivity index (χ4n) is 8.64. The Labute approximate surface area is 258 Å². The summed E-state index contributed by atoms with van der Waals surface area (Å²) in [7, 11) is 3.19. The van der Waals surface area contributed by atoms with Crippen LogP contribution >= 0.6 is 0 Å². The van der Waals surface area contributed by atoms with Crippen LogP contribution in [0.4, 0.5) is 0 Å². The van der Waals surface area contributed by atoms with Crippen LogP contribution in [0.2, 0.25) is 0 Å². The first-order valence-electron chi connectivity index (χ1n) is 15.6. The predicted octanol–water partition coefficient (Wildman–Crippen LogP) is 0.762. The van der Waals surface area contributed by atoms with E-state index in [-0.39, 0.29) is 60.6 Å². The third-order valence-electron chi connectivity index (χ3n) is 10.7. The van der Waals surface area contributed by atoms with Gasteiger partial charge in [-0.2, -0.15) is 10.0 Å². The zero-order chi connectivity index (χ0) is 31.3. The number of Topliss-reactive ketones (excluding diaryl/α,β-unsaturated/α-hetero) is 2. The van der Waals surface area contributed by atoms with Crippen molar-refractivity contribution in [1.29, 1.82) is 0 Å². The van der Waals surface area contributed by atoms with Crippen LogP contribution in [-0.2, 0) is 28.7 Å². The van der Waals surface area contributed by atoms with Crippen molar-refractivity contribution in [1.82, 2.24) is 29.8 Å². The van der Waals surface area contributed by atoms with Crippen molar-refractivity contribution in [2.45, 2.75) is 52.1 Å². The van der Waals surface area contributed by atoms with Gasteiger partial charge in [0.15, 0.2) is 11.6 Å². The molecule has 8 unspecified atom stereocenters. The molecule has 4 bridgehead atoms. The lowest BCUT2D eigenvalue weighted by Crippen LogP contribution is -2.61. The van der Waals surface area contributed by atoms with E-state index in [0.29, 0.717) is 37.7 Å². The van der Waals surface area contributed by atoms with Gasteiger partial charge in [0, 0.05) is 38.0 Å². The molecular formula is C32H42N6O6. The van der Waals surface area contributed by atoms with E-state index in [2.05, 4.69) is 9.80 Å². The summed E-state index contributed by atoms with van der Waals surface area (Å²) in [4.78, 5) is 59.1. The lowest BCUT2D eigenvalue weighted by atomic mass is 9.72. The first-order valence-corrected chi connectivity index (χ1v) is 15.6. The van der Waals surface area contributed by atoms with Gasteiger partial charge in [-0.1, -0.05) is 39.8 Å². The van der Waals surface area contributed by atoms with Crippen molar-refractivity contribution in [2.75, 3.05) is 53.5 Å². The molecule has 236 valence electrons. The van der Waals surface area contributed by atoms with E-state index in [1.54, 1.807) is 24.2 Å². The topological polar surface area (TPSA) is 106 Å². The Morgan fingerprint density at radius 1 is 0.705 bits per heavy atom. The fourth-order valence-corrected chi connectivity index (χ4v) is 8.64. The number of ketones is 2. The molecule has 2 aliphatic carbocycles. The molecule has 7 aliphatic rings. The summed E-state index contributed by atoms with van der Waals surface area (Å²) in [6.07, 6.45) is 10.8. The van der Waals surface area contributed by atoms with Crippen LogP contribution in [0.1, 0.15) is 27.7 Å². The van der Waals surface area contributed by atoms with Crippen LogP contribution in [0.5, 0.6) is 0 Å². The van der Waals surface area contributed by atoms with Gasteiger partial charge in [-0.05, 0) is 24.3 Å². The van der Waals surface area contributed by atoms with Gasteiger partial charge < -0.3 is 9.47 Å². The van der Waals surface area contributed by atoms with Crippen LogP contribution in [0.3, 0.4) is 0 Å². The number of carbonyl (C=O) groups excluding carboxylic acids is 4. The van der Waals surface area contributed by atoms with E-state index in [0.717, 1.165) is 0 Å². The molecule has 2 spiro atoms. The van der Waals surface area contributed by atoms with Crippen LogP contribution in [-0.4, -0.2) is 131 Å². The van der Waals surface area contributed by atoms with Crippen LogP contribution in [0.25, 0.3) is 0 Å². The first kappa shape index (κ1) is 29.4. The number of hydrogen-bond acceptors (Lipinski definition) is 10. The summed E-state index contributed by atoms with van der Waals surface area (Å²) >= 11 is 0. The smallest absolute Gasteiger partial charge is 0.240 e. The molecule has 7 rings (SSSR count). The van der Waals surface area contributed by atoms with Crippen molar-refractivity contribution in [3.05, 3.63) is 48.0 Å². The number of rotatable bonds is 6. The van der Waals surface area contributed by atoms with Crippen LogP contribution < -0.4 is 0 Å².